The molecule has 0 spiro atoms. The van der Waals surface area contributed by atoms with Crippen molar-refractivity contribution >= 4 is 24.0 Å². The van der Waals surface area contributed by atoms with E-state index in [1.165, 1.54) is 24.3 Å². The topological polar surface area (TPSA) is 28.7 Å². The molecule has 1 aromatic heterocycles. The number of aromatic nitrogens is 2. The van der Waals surface area contributed by atoms with Crippen LogP contribution in [0.3, 0.4) is 0 Å². The Kier molecular flexibility index (Phi) is 3.23. The molecule has 0 aliphatic carbocycles. The van der Waals surface area contributed by atoms with Crippen LogP contribution >= 0.6 is 24.0 Å². The molecule has 14 heavy (non-hydrogen) atoms. The quantitative estimate of drug-likeness (QED) is 0.785. The first-order chi connectivity index (χ1) is 6.79. The van der Waals surface area contributed by atoms with Crippen LogP contribution in [0.25, 0.3) is 0 Å². The van der Waals surface area contributed by atoms with Crippen molar-refractivity contribution in [2.24, 2.45) is 0 Å². The molecular formula is C10H14N2S2. The third-order valence-corrected chi connectivity index (χ3v) is 4.03. The Morgan fingerprint density at radius 3 is 3.21 bits per heavy atom. The predicted molar refractivity (Wildman–Crippen MR) is 63.2 cm³/mol. The maximum absolute atomic E-state index is 5.15. The van der Waals surface area contributed by atoms with Crippen molar-refractivity contribution in [2.45, 2.75) is 31.4 Å². The monoisotopic (exact) mass is 226 g/mol. The number of thioether (sulfide) groups is 1. The number of rotatable bonds is 2. The number of nitrogens with one attached hydrogen (secondary N) is 1. The third-order valence-electron chi connectivity index (χ3n) is 2.43. The van der Waals surface area contributed by atoms with Crippen molar-refractivity contribution in [1.82, 2.24) is 9.97 Å². The van der Waals surface area contributed by atoms with Gasteiger partial charge in [0.2, 0.25) is 0 Å². The first-order valence-corrected chi connectivity index (χ1v) is 6.47. The van der Waals surface area contributed by atoms with Crippen LogP contribution in [0.1, 0.15) is 36.5 Å². The zero-order valence-electron chi connectivity index (χ0n) is 8.25. The predicted octanol–water partition coefficient (Wildman–Crippen LogP) is 3.27. The number of aryl methyl sites for hydroxylation is 1. The van der Waals surface area contributed by atoms with E-state index in [4.69, 9.17) is 12.2 Å². The molecule has 0 radical (unpaired) electrons. The van der Waals surface area contributed by atoms with E-state index >= 15 is 0 Å². The van der Waals surface area contributed by atoms with Gasteiger partial charge < -0.3 is 4.98 Å². The number of hydrogen-bond acceptors (Lipinski definition) is 3. The van der Waals surface area contributed by atoms with E-state index in [9.17, 15) is 0 Å². The van der Waals surface area contributed by atoms with Gasteiger partial charge >= 0.3 is 0 Å². The summed E-state index contributed by atoms with van der Waals surface area (Å²) in [5, 5.41) is 0.545. The van der Waals surface area contributed by atoms with E-state index in [0.29, 0.717) is 5.25 Å². The van der Waals surface area contributed by atoms with Gasteiger partial charge in [-0.3, -0.25) is 0 Å². The Labute approximate surface area is 93.5 Å². The lowest BCUT2D eigenvalue weighted by molar-refractivity contribution is 0.763. The van der Waals surface area contributed by atoms with E-state index in [2.05, 4.69) is 16.9 Å². The van der Waals surface area contributed by atoms with Crippen LogP contribution in [0.5, 0.6) is 0 Å². The molecule has 1 saturated heterocycles. The maximum atomic E-state index is 5.15. The van der Waals surface area contributed by atoms with Crippen molar-refractivity contribution < 1.29 is 0 Å². The van der Waals surface area contributed by atoms with E-state index in [1.54, 1.807) is 0 Å². The molecule has 1 aliphatic rings. The number of H-pyrrole nitrogens is 1. The van der Waals surface area contributed by atoms with Gasteiger partial charge in [-0.05, 0) is 31.1 Å². The van der Waals surface area contributed by atoms with Crippen molar-refractivity contribution in [3.05, 3.63) is 22.2 Å². The van der Waals surface area contributed by atoms with Gasteiger partial charge in [-0.1, -0.05) is 19.1 Å². The van der Waals surface area contributed by atoms with Gasteiger partial charge in [0.1, 0.15) is 10.5 Å². The van der Waals surface area contributed by atoms with Crippen LogP contribution in [0, 0.1) is 4.64 Å². The van der Waals surface area contributed by atoms with Crippen molar-refractivity contribution in [1.29, 1.82) is 0 Å². The molecule has 0 saturated carbocycles. The van der Waals surface area contributed by atoms with E-state index in [1.807, 2.05) is 17.8 Å². The highest BCUT2D eigenvalue weighted by Crippen LogP contribution is 2.37. The van der Waals surface area contributed by atoms with Crippen LogP contribution in [0.15, 0.2) is 6.07 Å². The largest absolute Gasteiger partial charge is 0.346 e. The number of hydrogen-bond donors (Lipinski definition) is 1. The minimum Gasteiger partial charge on any atom is -0.346 e. The molecule has 1 fully saturated rings. The van der Waals surface area contributed by atoms with E-state index in [0.717, 1.165) is 16.9 Å². The molecule has 76 valence electrons. The Bertz CT molecular complexity index is 367. The van der Waals surface area contributed by atoms with Crippen LogP contribution in [-0.2, 0) is 6.42 Å². The highest BCUT2D eigenvalue weighted by atomic mass is 32.2. The number of nitrogens with zero attached hydrogens (tertiary/aromatic N) is 1. The second kappa shape index (κ2) is 4.45. The molecule has 2 rings (SSSR count). The Hall–Kier alpha value is -0.350. The summed E-state index contributed by atoms with van der Waals surface area (Å²) < 4.78 is 0.725. The number of aromatic amines is 1. The Morgan fingerprint density at radius 1 is 1.71 bits per heavy atom. The summed E-state index contributed by atoms with van der Waals surface area (Å²) in [6, 6.07) is 1.96. The molecule has 0 aromatic carbocycles. The van der Waals surface area contributed by atoms with Gasteiger partial charge in [-0.15, -0.1) is 0 Å². The summed E-state index contributed by atoms with van der Waals surface area (Å²) in [6.07, 6.45) is 3.53. The summed E-state index contributed by atoms with van der Waals surface area (Å²) in [4.78, 5) is 7.78. The second-order valence-corrected chi connectivity index (χ2v) is 5.21. The van der Waals surface area contributed by atoms with Gasteiger partial charge in [0, 0.05) is 5.69 Å². The fourth-order valence-corrected chi connectivity index (χ4v) is 3.13. The van der Waals surface area contributed by atoms with Gasteiger partial charge in [-0.25, -0.2) is 4.98 Å². The van der Waals surface area contributed by atoms with Crippen LogP contribution in [0.2, 0.25) is 0 Å². The smallest absolute Gasteiger partial charge is 0.130 e. The fourth-order valence-electron chi connectivity index (χ4n) is 1.66. The highest BCUT2D eigenvalue weighted by Gasteiger charge is 2.19. The molecule has 0 amide bonds. The summed E-state index contributed by atoms with van der Waals surface area (Å²) in [5.74, 6) is 2.33. The van der Waals surface area contributed by atoms with Gasteiger partial charge in [0.25, 0.3) is 0 Å². The van der Waals surface area contributed by atoms with Crippen LogP contribution in [-0.4, -0.2) is 15.7 Å². The zero-order valence-corrected chi connectivity index (χ0v) is 9.88. The minimum atomic E-state index is 0.545. The van der Waals surface area contributed by atoms with Crippen molar-refractivity contribution in [3.63, 3.8) is 0 Å². The first kappa shape index (κ1) is 10.2. The Balaban J connectivity index is 2.32. The molecule has 1 unspecified atom stereocenters. The van der Waals surface area contributed by atoms with Gasteiger partial charge in [0.05, 0.1) is 5.25 Å². The summed E-state index contributed by atoms with van der Waals surface area (Å²) in [7, 11) is 0. The molecule has 2 nitrogen and oxygen atoms in total. The van der Waals surface area contributed by atoms with Gasteiger partial charge in [0.15, 0.2) is 0 Å². The lowest BCUT2D eigenvalue weighted by Crippen LogP contribution is -2.01. The van der Waals surface area contributed by atoms with Crippen molar-refractivity contribution in [3.8, 4) is 0 Å². The van der Waals surface area contributed by atoms with Gasteiger partial charge in [-0.2, -0.15) is 11.8 Å². The van der Waals surface area contributed by atoms with Crippen LogP contribution < -0.4 is 0 Å². The van der Waals surface area contributed by atoms with Crippen molar-refractivity contribution in [2.75, 3.05) is 5.75 Å². The fraction of sp³-hybridized carbons (Fsp3) is 0.600. The lowest BCUT2D eigenvalue weighted by Gasteiger charge is -2.09. The standard InChI is InChI=1S/C10H14N2S2/c1-2-7-6-9(13)12-10(11-7)8-4-3-5-14-8/h6,8H,2-5H2,1H3,(H,11,12,13). The summed E-state index contributed by atoms with van der Waals surface area (Å²) >= 11 is 7.13. The molecule has 4 heteroatoms. The van der Waals surface area contributed by atoms with E-state index < -0.39 is 0 Å². The molecule has 1 aromatic rings. The average Bonchev–Trinajstić information content (AvgIpc) is 2.69. The highest BCUT2D eigenvalue weighted by molar-refractivity contribution is 7.99. The molecule has 1 atom stereocenters. The summed E-state index contributed by atoms with van der Waals surface area (Å²) in [5.41, 5.74) is 1.20. The zero-order chi connectivity index (χ0) is 9.97. The molecule has 1 N–H and O–H groups in total. The Morgan fingerprint density at radius 2 is 2.57 bits per heavy atom. The minimum absolute atomic E-state index is 0.545. The molecule has 0 bridgehead atoms. The second-order valence-electron chi connectivity index (χ2n) is 3.49. The normalized spacial score (nSPS) is 21.4. The third kappa shape index (κ3) is 2.17. The average molecular weight is 226 g/mol. The molecular weight excluding hydrogens is 212 g/mol. The molecule has 2 heterocycles. The lowest BCUT2D eigenvalue weighted by atomic mass is 10.2. The maximum Gasteiger partial charge on any atom is 0.130 e. The first-order valence-electron chi connectivity index (χ1n) is 5.01. The summed E-state index contributed by atoms with van der Waals surface area (Å²) in [6.45, 7) is 2.13. The van der Waals surface area contributed by atoms with Crippen LogP contribution in [0.4, 0.5) is 0 Å². The SMILES string of the molecule is CCc1cc(=S)nc(C2CCCS2)[nH]1. The molecule has 1 aliphatic heterocycles. The van der Waals surface area contributed by atoms with E-state index in [-0.39, 0.29) is 0 Å².